The van der Waals surface area contributed by atoms with Gasteiger partial charge in [0.05, 0.1) is 0 Å². The molecule has 0 bridgehead atoms. The van der Waals surface area contributed by atoms with E-state index in [1.54, 1.807) is 12.1 Å². The molecule has 102 valence electrons. The van der Waals surface area contributed by atoms with E-state index in [-0.39, 0.29) is 11.9 Å². The third-order valence-corrected chi connectivity index (χ3v) is 4.91. The van der Waals surface area contributed by atoms with Crippen molar-refractivity contribution in [3.05, 3.63) is 55.4 Å². The summed E-state index contributed by atoms with van der Waals surface area (Å²) in [4.78, 5) is 2.67. The molecule has 2 aromatic rings. The molecule has 0 amide bonds. The number of nitrogens with one attached hydrogen (secondary N) is 1. The minimum absolute atomic E-state index is 0.199. The maximum absolute atomic E-state index is 13.2. The fourth-order valence-corrected chi connectivity index (χ4v) is 3.54. The van der Waals surface area contributed by atoms with Crippen LogP contribution in [0.4, 0.5) is 4.39 Å². The zero-order valence-electron chi connectivity index (χ0n) is 11.3. The van der Waals surface area contributed by atoms with E-state index in [0.29, 0.717) is 6.54 Å². The second-order valence-electron chi connectivity index (χ2n) is 4.71. The van der Waals surface area contributed by atoms with Crippen molar-refractivity contribution < 1.29 is 4.39 Å². The maximum atomic E-state index is 13.2. The normalized spacial score (nSPS) is 12.7. The molecule has 0 aliphatic rings. The molecule has 1 nitrogen and oxygen atoms in total. The Hall–Kier alpha value is -0.710. The van der Waals surface area contributed by atoms with Crippen molar-refractivity contribution in [2.24, 2.45) is 0 Å². The molecule has 1 N–H and O–H groups in total. The molecule has 0 saturated heterocycles. The third kappa shape index (κ3) is 3.65. The van der Waals surface area contributed by atoms with Gasteiger partial charge in [0.15, 0.2) is 0 Å². The zero-order valence-corrected chi connectivity index (χ0v) is 13.7. The molecule has 1 aromatic carbocycles. The summed E-state index contributed by atoms with van der Waals surface area (Å²) in [6.45, 7) is 7.05. The lowest BCUT2D eigenvalue weighted by molar-refractivity contribution is 0.567. The smallest absolute Gasteiger partial charge is 0.123 e. The number of thiophene rings is 1. The van der Waals surface area contributed by atoms with E-state index in [1.807, 2.05) is 11.3 Å². The van der Waals surface area contributed by atoms with E-state index in [4.69, 9.17) is 0 Å². The number of hydrogen-bond donors (Lipinski definition) is 1. The summed E-state index contributed by atoms with van der Waals surface area (Å²) in [5.74, 6) is -0.199. The fourth-order valence-electron chi connectivity index (χ4n) is 2.13. The number of hydrogen-bond acceptors (Lipinski definition) is 2. The van der Waals surface area contributed by atoms with Gasteiger partial charge in [-0.2, -0.15) is 0 Å². The van der Waals surface area contributed by atoms with Gasteiger partial charge < -0.3 is 5.32 Å². The van der Waals surface area contributed by atoms with Gasteiger partial charge in [-0.25, -0.2) is 4.39 Å². The molecule has 19 heavy (non-hydrogen) atoms. The molecule has 0 radical (unpaired) electrons. The van der Waals surface area contributed by atoms with Crippen molar-refractivity contribution in [2.75, 3.05) is 0 Å². The van der Waals surface area contributed by atoms with Gasteiger partial charge in [-0.3, -0.25) is 0 Å². The van der Waals surface area contributed by atoms with Gasteiger partial charge >= 0.3 is 0 Å². The molecule has 1 unspecified atom stereocenters. The number of aryl methyl sites for hydroxylation is 2. The summed E-state index contributed by atoms with van der Waals surface area (Å²) in [5.41, 5.74) is 2.27. The Kier molecular flexibility index (Phi) is 4.76. The summed E-state index contributed by atoms with van der Waals surface area (Å²) in [6, 6.07) is 7.26. The Balaban J connectivity index is 2.06. The average molecular weight is 342 g/mol. The molecular formula is C15H17BrFNS. The summed E-state index contributed by atoms with van der Waals surface area (Å²) >= 11 is 5.27. The lowest BCUT2D eigenvalue weighted by atomic mass is 10.1. The highest BCUT2D eigenvalue weighted by Crippen LogP contribution is 2.27. The maximum Gasteiger partial charge on any atom is 0.123 e. The summed E-state index contributed by atoms with van der Waals surface area (Å²) in [7, 11) is 0. The van der Waals surface area contributed by atoms with Crippen LogP contribution in [0.2, 0.25) is 0 Å². The fraction of sp³-hybridized carbons (Fsp3) is 0.333. The molecular weight excluding hydrogens is 325 g/mol. The van der Waals surface area contributed by atoms with E-state index in [0.717, 1.165) is 10.0 Å². The van der Waals surface area contributed by atoms with Crippen LogP contribution in [-0.2, 0) is 6.54 Å². The van der Waals surface area contributed by atoms with Gasteiger partial charge in [0.2, 0.25) is 0 Å². The third-order valence-electron chi connectivity index (χ3n) is 3.15. The van der Waals surface area contributed by atoms with Gasteiger partial charge in [0, 0.05) is 26.8 Å². The van der Waals surface area contributed by atoms with Crippen molar-refractivity contribution in [3.8, 4) is 0 Å². The van der Waals surface area contributed by atoms with Crippen molar-refractivity contribution in [1.29, 1.82) is 0 Å². The van der Waals surface area contributed by atoms with Crippen LogP contribution in [0.25, 0.3) is 0 Å². The Labute approximate surface area is 126 Å². The van der Waals surface area contributed by atoms with Crippen LogP contribution in [0.15, 0.2) is 28.7 Å². The summed E-state index contributed by atoms with van der Waals surface area (Å²) < 4.78 is 14.2. The molecule has 0 aliphatic carbocycles. The lowest BCUT2D eigenvalue weighted by Crippen LogP contribution is -2.18. The lowest BCUT2D eigenvalue weighted by Gasteiger charge is -2.14. The Morgan fingerprint density at radius 3 is 2.68 bits per heavy atom. The van der Waals surface area contributed by atoms with Crippen molar-refractivity contribution in [2.45, 2.75) is 33.4 Å². The molecule has 0 spiro atoms. The van der Waals surface area contributed by atoms with Gasteiger partial charge in [-0.15, -0.1) is 11.3 Å². The van der Waals surface area contributed by atoms with Crippen LogP contribution >= 0.6 is 27.3 Å². The largest absolute Gasteiger partial charge is 0.306 e. The van der Waals surface area contributed by atoms with Crippen molar-refractivity contribution >= 4 is 27.3 Å². The van der Waals surface area contributed by atoms with Crippen molar-refractivity contribution in [3.63, 3.8) is 0 Å². The molecule has 2 rings (SSSR count). The van der Waals surface area contributed by atoms with Crippen LogP contribution in [-0.4, -0.2) is 0 Å². The average Bonchev–Trinajstić information content (AvgIpc) is 2.69. The number of halogens is 2. The second-order valence-corrected chi connectivity index (χ2v) is 7.02. The van der Waals surface area contributed by atoms with E-state index in [1.165, 1.54) is 21.4 Å². The van der Waals surface area contributed by atoms with Gasteiger partial charge in [-0.1, -0.05) is 15.9 Å². The first-order chi connectivity index (χ1) is 8.97. The molecule has 0 aliphatic heterocycles. The highest BCUT2D eigenvalue weighted by molar-refractivity contribution is 9.10. The zero-order chi connectivity index (χ0) is 14.0. The van der Waals surface area contributed by atoms with Crippen LogP contribution in [0.1, 0.15) is 33.8 Å². The SMILES string of the molecule is Cc1cc(C(C)NCc2cc(F)ccc2Br)c(C)s1. The molecule has 4 heteroatoms. The number of rotatable bonds is 4. The van der Waals surface area contributed by atoms with E-state index in [9.17, 15) is 4.39 Å². The van der Waals surface area contributed by atoms with Crippen LogP contribution in [0, 0.1) is 19.7 Å². The predicted octanol–water partition coefficient (Wildman–Crippen LogP) is 5.12. The monoisotopic (exact) mass is 341 g/mol. The minimum Gasteiger partial charge on any atom is -0.306 e. The summed E-state index contributed by atoms with van der Waals surface area (Å²) in [5, 5.41) is 3.45. The first-order valence-corrected chi connectivity index (χ1v) is 7.82. The van der Waals surface area contributed by atoms with Gasteiger partial charge in [0.1, 0.15) is 5.82 Å². The van der Waals surface area contributed by atoms with Crippen LogP contribution in [0.5, 0.6) is 0 Å². The first kappa shape index (κ1) is 14.7. The standard InChI is InChI=1S/C15H17BrFNS/c1-9-6-14(11(3)19-9)10(2)18-8-12-7-13(17)4-5-15(12)16/h4-7,10,18H,8H2,1-3H3. The van der Waals surface area contributed by atoms with E-state index < -0.39 is 0 Å². The Morgan fingerprint density at radius 2 is 2.05 bits per heavy atom. The Bertz CT molecular complexity index is 580. The minimum atomic E-state index is -0.199. The first-order valence-electron chi connectivity index (χ1n) is 6.21. The quantitative estimate of drug-likeness (QED) is 0.813. The molecule has 1 aromatic heterocycles. The van der Waals surface area contributed by atoms with E-state index in [2.05, 4.69) is 48.1 Å². The molecule has 1 atom stereocenters. The number of benzene rings is 1. The Morgan fingerprint density at radius 1 is 1.32 bits per heavy atom. The highest BCUT2D eigenvalue weighted by atomic mass is 79.9. The molecule has 1 heterocycles. The molecule has 0 fully saturated rings. The van der Waals surface area contributed by atoms with Crippen LogP contribution in [0.3, 0.4) is 0 Å². The van der Waals surface area contributed by atoms with E-state index >= 15 is 0 Å². The summed E-state index contributed by atoms with van der Waals surface area (Å²) in [6.07, 6.45) is 0. The van der Waals surface area contributed by atoms with Crippen LogP contribution < -0.4 is 5.32 Å². The second kappa shape index (κ2) is 6.16. The highest BCUT2D eigenvalue weighted by Gasteiger charge is 2.11. The predicted molar refractivity (Wildman–Crippen MR) is 83.1 cm³/mol. The molecule has 0 saturated carbocycles. The van der Waals surface area contributed by atoms with Crippen molar-refractivity contribution in [1.82, 2.24) is 5.32 Å². The van der Waals surface area contributed by atoms with Gasteiger partial charge in [-0.05, 0) is 56.2 Å². The van der Waals surface area contributed by atoms with Gasteiger partial charge in [0.25, 0.3) is 0 Å². The topological polar surface area (TPSA) is 12.0 Å².